The lowest BCUT2D eigenvalue weighted by Gasteiger charge is -2.34. The minimum Gasteiger partial charge on any atom is -0.439 e. The maximum Gasteiger partial charge on any atom is 0.387 e. The molecule has 0 N–H and O–H groups in total. The number of amides is 1. The molecular formula is C35H34BrCl2F2N5O5S. The molecule has 0 unspecified atom stereocenters. The summed E-state index contributed by atoms with van der Waals surface area (Å²) in [4.78, 5) is 22.0. The van der Waals surface area contributed by atoms with Gasteiger partial charge in [0, 0.05) is 64.3 Å². The van der Waals surface area contributed by atoms with Crippen LogP contribution in [0.4, 0.5) is 14.5 Å². The average Bonchev–Trinajstić information content (AvgIpc) is 3.41. The summed E-state index contributed by atoms with van der Waals surface area (Å²) < 4.78 is 64.8. The van der Waals surface area contributed by atoms with Crippen molar-refractivity contribution in [3.8, 4) is 17.4 Å². The maximum atomic E-state index is 13.6. The highest BCUT2D eigenvalue weighted by Gasteiger charge is 2.26. The molecule has 16 heteroatoms. The number of nitrogens with zero attached hydrogens (tertiary/aromatic N) is 5. The first-order valence-corrected chi connectivity index (χ1v) is 17.7. The number of benzene rings is 3. The van der Waals surface area contributed by atoms with Crippen LogP contribution in [-0.2, 0) is 23.6 Å². The van der Waals surface area contributed by atoms with Crippen LogP contribution in [-0.4, -0.2) is 73.5 Å². The first kappa shape index (κ1) is 38.3. The number of piperazine rings is 1. The summed E-state index contributed by atoms with van der Waals surface area (Å²) in [5.41, 5.74) is 3.29. The fourth-order valence-corrected chi connectivity index (χ4v) is 7.47. The number of anilines is 1. The van der Waals surface area contributed by atoms with E-state index < -0.39 is 16.6 Å². The van der Waals surface area contributed by atoms with Gasteiger partial charge < -0.3 is 18.9 Å². The van der Waals surface area contributed by atoms with Crippen molar-refractivity contribution in [2.45, 2.75) is 25.0 Å². The summed E-state index contributed by atoms with van der Waals surface area (Å²) >= 11 is 12.0. The molecule has 5 aromatic rings. The van der Waals surface area contributed by atoms with Crippen LogP contribution in [0.2, 0.25) is 10.0 Å². The highest BCUT2D eigenvalue weighted by Crippen LogP contribution is 2.32. The molecule has 51 heavy (non-hydrogen) atoms. The average molecular weight is 826 g/mol. The Morgan fingerprint density at radius 1 is 0.941 bits per heavy atom. The van der Waals surface area contributed by atoms with Crippen LogP contribution < -0.4 is 13.8 Å². The maximum absolute atomic E-state index is 13.6. The number of halogens is 5. The molecule has 10 nitrogen and oxygen atoms in total. The lowest BCUT2D eigenvalue weighted by atomic mass is 10.2. The van der Waals surface area contributed by atoms with Gasteiger partial charge in [0.2, 0.25) is 5.88 Å². The quantitative estimate of drug-likeness (QED) is 0.141. The molecule has 1 aliphatic heterocycles. The van der Waals surface area contributed by atoms with Gasteiger partial charge in [-0.1, -0.05) is 35.3 Å². The normalized spacial score (nSPS) is 13.7. The van der Waals surface area contributed by atoms with Gasteiger partial charge in [0.1, 0.15) is 17.2 Å². The number of fused-ring (bicyclic) bond motifs is 1. The van der Waals surface area contributed by atoms with Crippen molar-refractivity contribution in [3.05, 3.63) is 106 Å². The van der Waals surface area contributed by atoms with Crippen molar-refractivity contribution in [1.29, 1.82) is 0 Å². The molecule has 2 aromatic heterocycles. The van der Waals surface area contributed by atoms with E-state index in [1.54, 1.807) is 31.2 Å². The molecule has 270 valence electrons. The van der Waals surface area contributed by atoms with E-state index >= 15 is 0 Å². The van der Waals surface area contributed by atoms with Crippen molar-refractivity contribution < 1.29 is 31.5 Å². The molecule has 0 aliphatic carbocycles. The summed E-state index contributed by atoms with van der Waals surface area (Å²) in [7, 11) is -0.673. The molecule has 0 spiro atoms. The van der Waals surface area contributed by atoms with Gasteiger partial charge in [0.05, 0.1) is 32.3 Å². The zero-order valence-electron chi connectivity index (χ0n) is 27.7. The third-order valence-corrected chi connectivity index (χ3v) is 11.1. The molecule has 6 rings (SSSR count). The van der Waals surface area contributed by atoms with Crippen molar-refractivity contribution in [2.75, 3.05) is 37.5 Å². The van der Waals surface area contributed by atoms with E-state index in [1.807, 2.05) is 34.7 Å². The van der Waals surface area contributed by atoms with E-state index in [0.717, 1.165) is 20.8 Å². The van der Waals surface area contributed by atoms with E-state index in [-0.39, 0.29) is 49.5 Å². The van der Waals surface area contributed by atoms with Crippen molar-refractivity contribution in [3.63, 3.8) is 0 Å². The summed E-state index contributed by atoms with van der Waals surface area (Å²) in [6.07, 6.45) is 1.43. The predicted molar refractivity (Wildman–Crippen MR) is 199 cm³/mol. The second kappa shape index (κ2) is 15.7. The molecule has 3 aromatic carbocycles. The minimum atomic E-state index is -3.94. The smallest absolute Gasteiger partial charge is 0.387 e. The number of rotatable bonds is 10. The lowest BCUT2D eigenvalue weighted by Crippen LogP contribution is -2.48. The molecule has 0 radical (unpaired) electrons. The Labute approximate surface area is 314 Å². The summed E-state index contributed by atoms with van der Waals surface area (Å²) in [6, 6.07) is 19.7. The minimum absolute atomic E-state index is 0. The van der Waals surface area contributed by atoms with Crippen molar-refractivity contribution in [1.82, 2.24) is 19.4 Å². The summed E-state index contributed by atoms with van der Waals surface area (Å²) in [5.74, 6) is 0.810. The number of aromatic nitrogens is 2. The van der Waals surface area contributed by atoms with Crippen LogP contribution in [0, 0.1) is 6.92 Å². The van der Waals surface area contributed by atoms with E-state index in [9.17, 15) is 22.0 Å². The van der Waals surface area contributed by atoms with Crippen molar-refractivity contribution >= 4 is 72.7 Å². The molecule has 0 atom stereocenters. The third-order valence-electron chi connectivity index (χ3n) is 8.62. The Morgan fingerprint density at radius 3 is 2.27 bits per heavy atom. The number of pyridine rings is 1. The molecule has 1 fully saturated rings. The largest absolute Gasteiger partial charge is 0.439 e. The molecule has 1 amide bonds. The zero-order valence-corrected chi connectivity index (χ0v) is 31.8. The predicted octanol–water partition coefficient (Wildman–Crippen LogP) is 7.94. The van der Waals surface area contributed by atoms with Crippen LogP contribution >= 0.6 is 40.2 Å². The molecule has 1 saturated heterocycles. The number of sulfonamides is 1. The number of carbonyl (C=O) groups excluding carboxylic acids is 1. The molecule has 3 heterocycles. The van der Waals surface area contributed by atoms with E-state index in [0.29, 0.717) is 55.4 Å². The zero-order chi connectivity index (χ0) is 35.7. The molecular weight excluding hydrogens is 791 g/mol. The van der Waals surface area contributed by atoms with E-state index in [4.69, 9.17) is 27.9 Å². The highest BCUT2D eigenvalue weighted by atomic mass is 79.9. The second-order valence-corrected chi connectivity index (χ2v) is 14.6. The number of aryl methyl sites for hydroxylation is 2. The van der Waals surface area contributed by atoms with Gasteiger partial charge in [-0.05, 0) is 66.6 Å². The number of ether oxygens (including phenoxy) is 2. The van der Waals surface area contributed by atoms with Gasteiger partial charge in [0.25, 0.3) is 15.9 Å². The monoisotopic (exact) mass is 823 g/mol. The van der Waals surface area contributed by atoms with Gasteiger partial charge in [0.15, 0.2) is 0 Å². The van der Waals surface area contributed by atoms with E-state index in [1.165, 1.54) is 43.6 Å². The lowest BCUT2D eigenvalue weighted by molar-refractivity contribution is -0.0498. The van der Waals surface area contributed by atoms with Gasteiger partial charge >= 0.3 is 6.61 Å². The number of hydrogen-bond acceptors (Lipinski definition) is 7. The van der Waals surface area contributed by atoms with Gasteiger partial charge in [-0.25, -0.2) is 13.4 Å². The standard InChI is InChI=1S/C35H33Cl2F2N5O5S.BrH/c1-22-16-33(40-20-32(22)42(3)50(46,47)27-10-11-28(36)29(37)19-27)48-26-9-6-24-17-31(41(2)30(24)18-26)34(45)44-14-12-43(13-15-44)21-23-4-7-25(8-5-23)49-35(38)39;/h4-11,16-20,35H,12-15,21H2,1-3H3;1H. The SMILES string of the molecule is Br.Cc1cc(Oc2ccc3cc(C(=O)N4CCN(Cc5ccc(OC(F)F)cc5)CC4)n(C)c3c2)ncc1N(C)S(=O)(=O)c1ccc(Cl)c(Cl)c1. The first-order valence-electron chi connectivity index (χ1n) is 15.5. The molecule has 1 aliphatic rings. The fraction of sp³-hybridized carbons (Fsp3) is 0.257. The van der Waals surface area contributed by atoms with Gasteiger partial charge in [-0.3, -0.25) is 14.0 Å². The van der Waals surface area contributed by atoms with Crippen molar-refractivity contribution in [2.24, 2.45) is 7.05 Å². The van der Waals surface area contributed by atoms with Crippen LogP contribution in [0.25, 0.3) is 10.9 Å². The van der Waals surface area contributed by atoms with Crippen LogP contribution in [0.15, 0.2) is 83.9 Å². The van der Waals surface area contributed by atoms with Gasteiger partial charge in [-0.2, -0.15) is 8.78 Å². The van der Waals surface area contributed by atoms with Crippen LogP contribution in [0.1, 0.15) is 21.6 Å². The Kier molecular flexibility index (Phi) is 11.8. The second-order valence-electron chi connectivity index (χ2n) is 11.9. The third kappa shape index (κ3) is 8.41. The number of hydrogen-bond donors (Lipinski definition) is 0. The Bertz CT molecular complexity index is 2160. The first-order chi connectivity index (χ1) is 23.8. The molecule has 0 bridgehead atoms. The summed E-state index contributed by atoms with van der Waals surface area (Å²) in [6.45, 7) is 1.98. The number of carbonyl (C=O) groups is 1. The Hall–Kier alpha value is -3.95. The van der Waals surface area contributed by atoms with Crippen LogP contribution in [0.3, 0.4) is 0 Å². The fourth-order valence-electron chi connectivity index (χ4n) is 5.84. The topological polar surface area (TPSA) is 97.2 Å². The van der Waals surface area contributed by atoms with Gasteiger partial charge in [-0.15, -0.1) is 17.0 Å². The Balaban J connectivity index is 0.00000504. The summed E-state index contributed by atoms with van der Waals surface area (Å²) in [5, 5.41) is 1.26. The molecule has 0 saturated carbocycles. The van der Waals surface area contributed by atoms with Crippen LogP contribution in [0.5, 0.6) is 17.4 Å². The highest BCUT2D eigenvalue weighted by molar-refractivity contribution is 8.93. The van der Waals surface area contributed by atoms with E-state index in [2.05, 4.69) is 14.6 Å². The Morgan fingerprint density at radius 2 is 1.63 bits per heavy atom. The number of alkyl halides is 2.